The summed E-state index contributed by atoms with van der Waals surface area (Å²) in [5.74, 6) is -1.24. The molecule has 0 saturated heterocycles. The van der Waals surface area contributed by atoms with E-state index in [2.05, 4.69) is 4.98 Å². The monoisotopic (exact) mass is 220 g/mol. The summed E-state index contributed by atoms with van der Waals surface area (Å²) < 4.78 is 26.1. The van der Waals surface area contributed by atoms with Crippen LogP contribution in [0.3, 0.4) is 0 Å². The van der Waals surface area contributed by atoms with E-state index in [1.165, 1.54) is 12.1 Å². The first-order valence-corrected chi connectivity index (χ1v) is 4.81. The summed E-state index contributed by atoms with van der Waals surface area (Å²) in [6, 6.07) is 6.83. The topological polar surface area (TPSA) is 38.9 Å². The second-order valence-corrected chi connectivity index (χ2v) is 3.37. The molecule has 1 heterocycles. The number of hydrogen-bond donors (Lipinski definition) is 1. The fourth-order valence-corrected chi connectivity index (χ4v) is 1.55. The average molecular weight is 220 g/mol. The SMILES string of the molecule is NCc1cccnc1-c1cc(F)cc(F)c1. The van der Waals surface area contributed by atoms with Crippen LogP contribution in [0.4, 0.5) is 8.78 Å². The van der Waals surface area contributed by atoms with Crippen LogP contribution in [0.15, 0.2) is 36.5 Å². The number of rotatable bonds is 2. The molecule has 0 atom stereocenters. The quantitative estimate of drug-likeness (QED) is 0.844. The van der Waals surface area contributed by atoms with E-state index in [1.807, 2.05) is 0 Å². The molecule has 0 aliphatic heterocycles. The molecule has 0 aliphatic rings. The first-order valence-electron chi connectivity index (χ1n) is 4.81. The molecule has 1 aromatic carbocycles. The third-order valence-electron chi connectivity index (χ3n) is 2.25. The van der Waals surface area contributed by atoms with Gasteiger partial charge in [-0.1, -0.05) is 6.07 Å². The fourth-order valence-electron chi connectivity index (χ4n) is 1.55. The van der Waals surface area contributed by atoms with E-state index in [0.29, 0.717) is 11.3 Å². The number of nitrogens with zero attached hydrogens (tertiary/aromatic N) is 1. The number of nitrogens with two attached hydrogens (primary N) is 1. The van der Waals surface area contributed by atoms with Crippen molar-refractivity contribution in [1.29, 1.82) is 0 Å². The van der Waals surface area contributed by atoms with E-state index in [0.717, 1.165) is 11.6 Å². The van der Waals surface area contributed by atoms with Crippen LogP contribution in [0.1, 0.15) is 5.56 Å². The van der Waals surface area contributed by atoms with Gasteiger partial charge < -0.3 is 5.73 Å². The minimum atomic E-state index is -0.622. The summed E-state index contributed by atoms with van der Waals surface area (Å²) in [6.07, 6.45) is 1.57. The predicted molar refractivity (Wildman–Crippen MR) is 57.5 cm³/mol. The first kappa shape index (κ1) is 10.7. The molecule has 0 radical (unpaired) electrons. The van der Waals surface area contributed by atoms with Gasteiger partial charge in [0.05, 0.1) is 5.69 Å². The standard InChI is InChI=1S/C12H10F2N2/c13-10-4-9(5-11(14)6-10)12-8(7-15)2-1-3-16-12/h1-6H,7,15H2. The van der Waals surface area contributed by atoms with Gasteiger partial charge in [-0.15, -0.1) is 0 Å². The van der Waals surface area contributed by atoms with Crippen molar-refractivity contribution in [3.05, 3.63) is 53.7 Å². The van der Waals surface area contributed by atoms with Crippen molar-refractivity contribution in [2.75, 3.05) is 0 Å². The predicted octanol–water partition coefficient (Wildman–Crippen LogP) is 2.49. The van der Waals surface area contributed by atoms with Gasteiger partial charge in [-0.05, 0) is 23.8 Å². The Balaban J connectivity index is 2.58. The van der Waals surface area contributed by atoms with Gasteiger partial charge in [0.15, 0.2) is 0 Å². The summed E-state index contributed by atoms with van der Waals surface area (Å²) in [4.78, 5) is 4.09. The van der Waals surface area contributed by atoms with Gasteiger partial charge in [0, 0.05) is 24.4 Å². The molecule has 82 valence electrons. The van der Waals surface area contributed by atoms with Crippen molar-refractivity contribution in [3.8, 4) is 11.3 Å². The minimum absolute atomic E-state index is 0.279. The van der Waals surface area contributed by atoms with E-state index < -0.39 is 11.6 Å². The van der Waals surface area contributed by atoms with Gasteiger partial charge in [0.1, 0.15) is 11.6 Å². The molecular formula is C12H10F2N2. The Hall–Kier alpha value is -1.81. The summed E-state index contributed by atoms with van der Waals surface area (Å²) >= 11 is 0. The van der Waals surface area contributed by atoms with Crippen molar-refractivity contribution >= 4 is 0 Å². The Morgan fingerprint density at radius 1 is 1.12 bits per heavy atom. The zero-order valence-corrected chi connectivity index (χ0v) is 8.45. The highest BCUT2D eigenvalue weighted by molar-refractivity contribution is 5.63. The summed E-state index contributed by atoms with van der Waals surface area (Å²) in [5, 5.41) is 0. The summed E-state index contributed by atoms with van der Waals surface area (Å²) in [6.45, 7) is 0.279. The molecule has 2 aromatic rings. The molecule has 0 saturated carbocycles. The Morgan fingerprint density at radius 2 is 1.81 bits per heavy atom. The normalized spacial score (nSPS) is 10.4. The first-order chi connectivity index (χ1) is 7.70. The number of aromatic nitrogens is 1. The molecular weight excluding hydrogens is 210 g/mol. The van der Waals surface area contributed by atoms with Gasteiger partial charge in [0.25, 0.3) is 0 Å². The van der Waals surface area contributed by atoms with Crippen molar-refractivity contribution in [2.45, 2.75) is 6.54 Å². The van der Waals surface area contributed by atoms with Gasteiger partial charge in [-0.3, -0.25) is 4.98 Å². The molecule has 0 amide bonds. The average Bonchev–Trinajstić information content (AvgIpc) is 2.27. The van der Waals surface area contributed by atoms with Crippen LogP contribution in [0.2, 0.25) is 0 Å². The molecule has 2 nitrogen and oxygen atoms in total. The van der Waals surface area contributed by atoms with Crippen LogP contribution >= 0.6 is 0 Å². The zero-order valence-electron chi connectivity index (χ0n) is 8.45. The van der Waals surface area contributed by atoms with E-state index in [4.69, 9.17) is 5.73 Å². The van der Waals surface area contributed by atoms with Gasteiger partial charge in [0.2, 0.25) is 0 Å². The molecule has 2 rings (SSSR count). The highest BCUT2D eigenvalue weighted by atomic mass is 19.1. The van der Waals surface area contributed by atoms with Gasteiger partial charge in [-0.25, -0.2) is 8.78 Å². The van der Waals surface area contributed by atoms with Crippen molar-refractivity contribution in [2.24, 2.45) is 5.73 Å². The maximum Gasteiger partial charge on any atom is 0.126 e. The molecule has 2 N–H and O–H groups in total. The lowest BCUT2D eigenvalue weighted by molar-refractivity contribution is 0.584. The van der Waals surface area contributed by atoms with E-state index in [1.54, 1.807) is 18.3 Å². The molecule has 16 heavy (non-hydrogen) atoms. The molecule has 0 bridgehead atoms. The third kappa shape index (κ3) is 2.06. The largest absolute Gasteiger partial charge is 0.326 e. The molecule has 0 unspecified atom stereocenters. The van der Waals surface area contributed by atoms with E-state index in [9.17, 15) is 8.78 Å². The van der Waals surface area contributed by atoms with E-state index in [-0.39, 0.29) is 6.54 Å². The van der Waals surface area contributed by atoms with Crippen LogP contribution < -0.4 is 5.73 Å². The molecule has 4 heteroatoms. The number of halogens is 2. The molecule has 0 aliphatic carbocycles. The second-order valence-electron chi connectivity index (χ2n) is 3.37. The highest BCUT2D eigenvalue weighted by Crippen LogP contribution is 2.22. The molecule has 0 fully saturated rings. The number of benzene rings is 1. The minimum Gasteiger partial charge on any atom is -0.326 e. The van der Waals surface area contributed by atoms with Crippen LogP contribution in [0, 0.1) is 11.6 Å². The number of hydrogen-bond acceptors (Lipinski definition) is 2. The van der Waals surface area contributed by atoms with E-state index >= 15 is 0 Å². The summed E-state index contributed by atoms with van der Waals surface area (Å²) in [5.41, 5.74) is 7.21. The van der Waals surface area contributed by atoms with Gasteiger partial charge >= 0.3 is 0 Å². The maximum atomic E-state index is 13.1. The Kier molecular flexibility index (Phi) is 2.92. The Morgan fingerprint density at radius 3 is 2.44 bits per heavy atom. The lowest BCUT2D eigenvalue weighted by Crippen LogP contribution is -2.00. The lowest BCUT2D eigenvalue weighted by atomic mass is 10.1. The smallest absolute Gasteiger partial charge is 0.126 e. The van der Waals surface area contributed by atoms with Crippen molar-refractivity contribution in [3.63, 3.8) is 0 Å². The zero-order chi connectivity index (χ0) is 11.5. The van der Waals surface area contributed by atoms with Crippen LogP contribution in [0.25, 0.3) is 11.3 Å². The third-order valence-corrected chi connectivity index (χ3v) is 2.25. The highest BCUT2D eigenvalue weighted by Gasteiger charge is 2.07. The summed E-state index contributed by atoms with van der Waals surface area (Å²) in [7, 11) is 0. The van der Waals surface area contributed by atoms with Gasteiger partial charge in [-0.2, -0.15) is 0 Å². The molecule has 0 spiro atoms. The Labute approximate surface area is 91.7 Å². The fraction of sp³-hybridized carbons (Fsp3) is 0.0833. The van der Waals surface area contributed by atoms with Crippen LogP contribution in [-0.2, 0) is 6.54 Å². The maximum absolute atomic E-state index is 13.1. The number of pyridine rings is 1. The van der Waals surface area contributed by atoms with Crippen molar-refractivity contribution < 1.29 is 8.78 Å². The molecule has 1 aromatic heterocycles. The second kappa shape index (κ2) is 4.37. The van der Waals surface area contributed by atoms with Crippen LogP contribution in [-0.4, -0.2) is 4.98 Å². The van der Waals surface area contributed by atoms with Crippen LogP contribution in [0.5, 0.6) is 0 Å². The van der Waals surface area contributed by atoms with Crippen molar-refractivity contribution in [1.82, 2.24) is 4.98 Å². The lowest BCUT2D eigenvalue weighted by Gasteiger charge is -2.06. The Bertz CT molecular complexity index is 492.